The number of aromatic hydroxyl groups is 2. The summed E-state index contributed by atoms with van der Waals surface area (Å²) < 4.78 is 0. The molecule has 1 saturated heterocycles. The molecule has 0 amide bonds. The van der Waals surface area contributed by atoms with E-state index >= 15 is 0 Å². The molecule has 4 rings (SSSR count). The molecule has 1 aliphatic rings. The van der Waals surface area contributed by atoms with E-state index in [4.69, 9.17) is 5.73 Å². The van der Waals surface area contributed by atoms with Gasteiger partial charge in [-0.05, 0) is 101 Å². The van der Waals surface area contributed by atoms with Gasteiger partial charge in [-0.15, -0.1) is 0 Å². The molecule has 42 heavy (non-hydrogen) atoms. The Morgan fingerprint density at radius 1 is 0.786 bits per heavy atom. The van der Waals surface area contributed by atoms with Gasteiger partial charge in [-0.1, -0.05) is 54.6 Å². The van der Waals surface area contributed by atoms with Crippen molar-refractivity contribution in [3.05, 3.63) is 95.6 Å². The number of hydrogen-bond acceptors (Lipinski definition) is 7. The summed E-state index contributed by atoms with van der Waals surface area (Å²) in [7, 11) is 6.52. The summed E-state index contributed by atoms with van der Waals surface area (Å²) in [5, 5.41) is 22.9. The highest BCUT2D eigenvalue weighted by atomic mass is 16.3. The first-order chi connectivity index (χ1) is 20.3. The monoisotopic (exact) mass is 573 g/mol. The average Bonchev–Trinajstić information content (AvgIpc) is 3.41. The van der Waals surface area contributed by atoms with Crippen LogP contribution < -0.4 is 11.1 Å². The molecule has 4 atom stereocenters. The molecule has 7 nitrogen and oxygen atoms in total. The fourth-order valence-corrected chi connectivity index (χ4v) is 6.38. The summed E-state index contributed by atoms with van der Waals surface area (Å²) in [5.74, 6) is 0.569. The first-order valence-corrected chi connectivity index (χ1v) is 15.4. The van der Waals surface area contributed by atoms with Crippen LogP contribution in [0, 0.1) is 0 Å². The van der Waals surface area contributed by atoms with Gasteiger partial charge in [-0.3, -0.25) is 4.90 Å². The molecule has 0 spiro atoms. The Bertz CT molecular complexity index is 1170. The van der Waals surface area contributed by atoms with Crippen molar-refractivity contribution in [2.24, 2.45) is 5.73 Å². The predicted molar refractivity (Wildman–Crippen MR) is 173 cm³/mol. The van der Waals surface area contributed by atoms with Crippen LogP contribution in [0.3, 0.4) is 0 Å². The summed E-state index contributed by atoms with van der Waals surface area (Å²) >= 11 is 0. The van der Waals surface area contributed by atoms with Crippen LogP contribution in [0.15, 0.2) is 78.9 Å². The molecule has 0 bridgehead atoms. The third kappa shape index (κ3) is 9.82. The first-order valence-electron chi connectivity index (χ1n) is 15.4. The van der Waals surface area contributed by atoms with Gasteiger partial charge < -0.3 is 31.1 Å². The number of rotatable bonds is 16. The molecule has 3 aromatic rings. The van der Waals surface area contributed by atoms with Gasteiger partial charge in [0.1, 0.15) is 11.5 Å². The van der Waals surface area contributed by atoms with Gasteiger partial charge in [0.2, 0.25) is 0 Å². The molecule has 0 saturated carbocycles. The molecule has 1 heterocycles. The van der Waals surface area contributed by atoms with Gasteiger partial charge in [0.25, 0.3) is 0 Å². The number of benzene rings is 3. The lowest BCUT2D eigenvalue weighted by Crippen LogP contribution is -2.52. The zero-order valence-electron chi connectivity index (χ0n) is 25.7. The SMILES string of the molecule is CNC[C@@H]1CCCN1C[C@H](Cc1ccccc1)N(C)C[C@H](Cc1ccc(O)cc1)N(C)C[C@@H](N)Cc1ccc(O)cc1. The Kier molecular flexibility index (Phi) is 12.2. The molecule has 228 valence electrons. The summed E-state index contributed by atoms with van der Waals surface area (Å²) in [6.45, 7) is 4.91. The van der Waals surface area contributed by atoms with Crippen molar-refractivity contribution >= 4 is 0 Å². The normalized spacial score (nSPS) is 18.0. The number of phenolic OH excluding ortho intramolecular Hbond substituents is 2. The van der Waals surface area contributed by atoms with Crippen LogP contribution in [-0.2, 0) is 19.3 Å². The van der Waals surface area contributed by atoms with Crippen molar-refractivity contribution in [1.82, 2.24) is 20.0 Å². The van der Waals surface area contributed by atoms with E-state index in [-0.39, 0.29) is 17.8 Å². The van der Waals surface area contributed by atoms with Crippen molar-refractivity contribution in [3.8, 4) is 11.5 Å². The molecule has 0 radical (unpaired) electrons. The molecule has 0 unspecified atom stereocenters. The minimum Gasteiger partial charge on any atom is -0.508 e. The number of likely N-dealkylation sites (tertiary alicyclic amines) is 1. The van der Waals surface area contributed by atoms with Crippen LogP contribution in [0.25, 0.3) is 0 Å². The maximum Gasteiger partial charge on any atom is 0.115 e. The maximum absolute atomic E-state index is 9.87. The van der Waals surface area contributed by atoms with Crippen LogP contribution in [-0.4, -0.2) is 103 Å². The maximum atomic E-state index is 9.87. The zero-order valence-corrected chi connectivity index (χ0v) is 25.7. The van der Waals surface area contributed by atoms with Crippen molar-refractivity contribution in [2.75, 3.05) is 53.9 Å². The van der Waals surface area contributed by atoms with E-state index in [1.807, 2.05) is 24.3 Å². The fraction of sp³-hybridized carbons (Fsp3) is 0.486. The lowest BCUT2D eigenvalue weighted by Gasteiger charge is -2.39. The Morgan fingerprint density at radius 2 is 1.33 bits per heavy atom. The zero-order chi connectivity index (χ0) is 29.9. The van der Waals surface area contributed by atoms with Crippen molar-refractivity contribution in [1.29, 1.82) is 0 Å². The van der Waals surface area contributed by atoms with Gasteiger partial charge in [0, 0.05) is 50.3 Å². The van der Waals surface area contributed by atoms with E-state index in [0.29, 0.717) is 17.8 Å². The smallest absolute Gasteiger partial charge is 0.115 e. The van der Waals surface area contributed by atoms with E-state index in [1.165, 1.54) is 24.0 Å². The Hall–Kier alpha value is -2.94. The van der Waals surface area contributed by atoms with E-state index in [1.54, 1.807) is 24.3 Å². The molecule has 3 aromatic carbocycles. The number of likely N-dealkylation sites (N-methyl/N-ethyl adjacent to an activating group) is 3. The van der Waals surface area contributed by atoms with E-state index in [0.717, 1.165) is 57.5 Å². The highest BCUT2D eigenvalue weighted by Crippen LogP contribution is 2.21. The number of nitrogens with two attached hydrogens (primary N) is 1. The molecule has 0 aliphatic carbocycles. The summed E-state index contributed by atoms with van der Waals surface area (Å²) in [5.41, 5.74) is 10.4. The second kappa shape index (κ2) is 16.1. The Morgan fingerprint density at radius 3 is 1.95 bits per heavy atom. The van der Waals surface area contributed by atoms with Gasteiger partial charge in [-0.25, -0.2) is 0 Å². The van der Waals surface area contributed by atoms with Crippen LogP contribution in [0.4, 0.5) is 0 Å². The summed E-state index contributed by atoms with van der Waals surface area (Å²) in [4.78, 5) is 7.66. The van der Waals surface area contributed by atoms with Crippen LogP contribution in [0.1, 0.15) is 29.5 Å². The predicted octanol–water partition coefficient (Wildman–Crippen LogP) is 3.74. The third-order valence-electron chi connectivity index (χ3n) is 8.81. The Labute approximate surface area is 253 Å². The Balaban J connectivity index is 1.50. The number of nitrogens with zero attached hydrogens (tertiary/aromatic N) is 3. The summed E-state index contributed by atoms with van der Waals surface area (Å²) in [6, 6.07) is 27.0. The highest BCUT2D eigenvalue weighted by molar-refractivity contribution is 5.27. The first kappa shape index (κ1) is 32.0. The van der Waals surface area contributed by atoms with Crippen molar-refractivity contribution in [2.45, 2.75) is 56.3 Å². The molecule has 7 heteroatoms. The molecule has 0 aromatic heterocycles. The van der Waals surface area contributed by atoms with Gasteiger partial charge in [0.05, 0.1) is 0 Å². The average molecular weight is 574 g/mol. The largest absolute Gasteiger partial charge is 0.508 e. The lowest BCUT2D eigenvalue weighted by molar-refractivity contribution is 0.112. The molecule has 5 N–H and O–H groups in total. The quantitative estimate of drug-likeness (QED) is 0.208. The standard InChI is InChI=1S/C35H51N5O2/c1-37-23-31-10-7-19-40(31)26-33(21-27-8-5-4-6-9-27)39(3)25-32(22-29-13-17-35(42)18-14-29)38(2)24-30(36)20-28-11-15-34(41)16-12-28/h4-6,8-9,11-18,30-33,37,41-42H,7,10,19-26,36H2,1-3H3/t30-,31-,32-,33-/m0/s1. The second-order valence-electron chi connectivity index (χ2n) is 12.2. The van der Waals surface area contributed by atoms with Crippen LogP contribution in [0.2, 0.25) is 0 Å². The molecule has 1 aliphatic heterocycles. The summed E-state index contributed by atoms with van der Waals surface area (Å²) in [6.07, 6.45) is 5.16. The van der Waals surface area contributed by atoms with Crippen molar-refractivity contribution in [3.63, 3.8) is 0 Å². The second-order valence-corrected chi connectivity index (χ2v) is 12.2. The van der Waals surface area contributed by atoms with Crippen LogP contribution in [0.5, 0.6) is 11.5 Å². The van der Waals surface area contributed by atoms with Gasteiger partial charge in [-0.2, -0.15) is 0 Å². The lowest BCUT2D eigenvalue weighted by atomic mass is 9.99. The van der Waals surface area contributed by atoms with E-state index < -0.39 is 0 Å². The van der Waals surface area contributed by atoms with Crippen molar-refractivity contribution < 1.29 is 10.2 Å². The number of nitrogens with one attached hydrogen (secondary N) is 1. The third-order valence-corrected chi connectivity index (χ3v) is 8.81. The molecular formula is C35H51N5O2. The number of hydrogen-bond donors (Lipinski definition) is 4. The number of phenols is 2. The minimum atomic E-state index is -0.0285. The van der Waals surface area contributed by atoms with Crippen LogP contribution >= 0.6 is 0 Å². The highest BCUT2D eigenvalue weighted by Gasteiger charge is 2.29. The van der Waals surface area contributed by atoms with E-state index in [2.05, 4.69) is 71.5 Å². The topological polar surface area (TPSA) is 88.2 Å². The van der Waals surface area contributed by atoms with E-state index in [9.17, 15) is 10.2 Å². The molecular weight excluding hydrogens is 522 g/mol. The van der Waals surface area contributed by atoms with Gasteiger partial charge in [0.15, 0.2) is 0 Å². The fourth-order valence-electron chi connectivity index (χ4n) is 6.38. The minimum absolute atomic E-state index is 0.0285. The molecule has 1 fully saturated rings. The van der Waals surface area contributed by atoms with Gasteiger partial charge >= 0.3 is 0 Å².